The summed E-state index contributed by atoms with van der Waals surface area (Å²) in [6.07, 6.45) is 1.43. The summed E-state index contributed by atoms with van der Waals surface area (Å²) in [4.78, 5) is 11.8. The quantitative estimate of drug-likeness (QED) is 0.596. The molecule has 2 aliphatic heterocycles. The summed E-state index contributed by atoms with van der Waals surface area (Å²) in [5.74, 6) is -0.355. The summed E-state index contributed by atoms with van der Waals surface area (Å²) in [6.45, 7) is 1.79. The van der Waals surface area contributed by atoms with Crippen LogP contribution in [0.5, 0.6) is 0 Å². The number of rotatable bonds is 2. The van der Waals surface area contributed by atoms with Gasteiger partial charge in [-0.2, -0.15) is 0 Å². The van der Waals surface area contributed by atoms with Crippen molar-refractivity contribution in [1.82, 2.24) is 5.32 Å². The summed E-state index contributed by atoms with van der Waals surface area (Å²) in [5, 5.41) is 13.3. The Bertz CT molecular complexity index is 256. The molecule has 5 heteroatoms. The number of aliphatic hydroxyl groups is 1. The lowest BCUT2D eigenvalue weighted by atomic mass is 9.65. The molecular formula is C10H17NO4. The molecule has 15 heavy (non-hydrogen) atoms. The van der Waals surface area contributed by atoms with E-state index < -0.39 is 11.0 Å². The summed E-state index contributed by atoms with van der Waals surface area (Å²) < 4.78 is 10.2. The minimum atomic E-state index is -0.999. The number of hydrogen-bond donors (Lipinski definition) is 2. The lowest BCUT2D eigenvalue weighted by Crippen LogP contribution is -2.72. The monoisotopic (exact) mass is 215 g/mol. The van der Waals surface area contributed by atoms with Crippen molar-refractivity contribution in [1.29, 1.82) is 0 Å². The molecule has 0 spiro atoms. The summed E-state index contributed by atoms with van der Waals surface area (Å²) in [6, 6.07) is 0. The second-order valence-corrected chi connectivity index (χ2v) is 4.36. The van der Waals surface area contributed by atoms with E-state index in [4.69, 9.17) is 9.47 Å². The van der Waals surface area contributed by atoms with Crippen molar-refractivity contribution in [2.75, 3.05) is 33.4 Å². The lowest BCUT2D eigenvalue weighted by Gasteiger charge is -2.51. The average molecular weight is 215 g/mol. The first-order valence-electron chi connectivity index (χ1n) is 5.24. The first kappa shape index (κ1) is 10.9. The van der Waals surface area contributed by atoms with Gasteiger partial charge in [-0.3, -0.25) is 4.79 Å². The van der Waals surface area contributed by atoms with Crippen LogP contribution in [0.4, 0.5) is 0 Å². The zero-order valence-corrected chi connectivity index (χ0v) is 8.91. The molecule has 0 amide bonds. The number of ether oxygens (including phenoxy) is 2. The Balaban J connectivity index is 2.25. The van der Waals surface area contributed by atoms with Gasteiger partial charge in [-0.25, -0.2) is 0 Å². The minimum Gasteiger partial charge on any atom is -0.468 e. The van der Waals surface area contributed by atoms with E-state index in [1.54, 1.807) is 0 Å². The number of carbonyl (C=O) groups excluding carboxylic acids is 1. The van der Waals surface area contributed by atoms with Gasteiger partial charge in [-0.1, -0.05) is 0 Å². The lowest BCUT2D eigenvalue weighted by molar-refractivity contribution is -0.202. The third-order valence-corrected chi connectivity index (χ3v) is 3.54. The predicted molar refractivity (Wildman–Crippen MR) is 52.3 cm³/mol. The Hall–Kier alpha value is -0.650. The predicted octanol–water partition coefficient (Wildman–Crippen LogP) is -0.709. The van der Waals surface area contributed by atoms with Crippen LogP contribution >= 0.6 is 0 Å². The van der Waals surface area contributed by atoms with Crippen molar-refractivity contribution in [3.63, 3.8) is 0 Å². The zero-order chi connectivity index (χ0) is 10.9. The Morgan fingerprint density at radius 3 is 2.67 bits per heavy atom. The van der Waals surface area contributed by atoms with Crippen LogP contribution in [-0.2, 0) is 14.3 Å². The molecule has 86 valence electrons. The molecule has 1 unspecified atom stereocenters. The number of carbonyl (C=O) groups is 1. The van der Waals surface area contributed by atoms with Gasteiger partial charge in [-0.05, 0) is 12.8 Å². The highest BCUT2D eigenvalue weighted by Gasteiger charge is 2.60. The van der Waals surface area contributed by atoms with E-state index >= 15 is 0 Å². The maximum absolute atomic E-state index is 11.8. The number of esters is 1. The van der Waals surface area contributed by atoms with Gasteiger partial charge < -0.3 is 19.9 Å². The molecule has 0 radical (unpaired) electrons. The topological polar surface area (TPSA) is 67.8 Å². The molecule has 0 aliphatic carbocycles. The third kappa shape index (κ3) is 1.46. The van der Waals surface area contributed by atoms with E-state index in [-0.39, 0.29) is 12.6 Å². The number of β-amino-alcohol motifs (C(OH)–C–C–N with tert-alkyl or cyclic N) is 1. The minimum absolute atomic E-state index is 0.262. The van der Waals surface area contributed by atoms with Crippen LogP contribution in [0.2, 0.25) is 0 Å². The number of methoxy groups -OCH3 is 1. The molecule has 1 atom stereocenters. The summed E-state index contributed by atoms with van der Waals surface area (Å²) in [7, 11) is 1.36. The fourth-order valence-corrected chi connectivity index (χ4v) is 2.41. The van der Waals surface area contributed by atoms with E-state index in [0.29, 0.717) is 26.1 Å². The van der Waals surface area contributed by atoms with E-state index in [2.05, 4.69) is 5.32 Å². The van der Waals surface area contributed by atoms with E-state index in [1.807, 2.05) is 0 Å². The molecule has 0 bridgehead atoms. The van der Waals surface area contributed by atoms with Gasteiger partial charge in [0.25, 0.3) is 0 Å². The van der Waals surface area contributed by atoms with Crippen LogP contribution < -0.4 is 5.32 Å². The zero-order valence-electron chi connectivity index (χ0n) is 8.91. The largest absolute Gasteiger partial charge is 0.468 e. The Morgan fingerprint density at radius 2 is 2.27 bits per heavy atom. The van der Waals surface area contributed by atoms with Crippen LogP contribution in [-0.4, -0.2) is 50.1 Å². The molecular weight excluding hydrogens is 198 g/mol. The Morgan fingerprint density at radius 1 is 1.53 bits per heavy atom. The van der Waals surface area contributed by atoms with Gasteiger partial charge in [0.2, 0.25) is 0 Å². The molecule has 2 heterocycles. The van der Waals surface area contributed by atoms with Crippen molar-refractivity contribution >= 4 is 5.97 Å². The van der Waals surface area contributed by atoms with Crippen molar-refractivity contribution in [2.45, 2.75) is 18.4 Å². The number of nitrogens with one attached hydrogen (secondary N) is 1. The molecule has 0 aromatic rings. The van der Waals surface area contributed by atoms with Gasteiger partial charge >= 0.3 is 5.97 Å². The molecule has 5 nitrogen and oxygen atoms in total. The van der Waals surface area contributed by atoms with E-state index in [0.717, 1.165) is 6.42 Å². The smallest absolute Gasteiger partial charge is 0.317 e. The molecule has 2 N–H and O–H groups in total. The highest BCUT2D eigenvalue weighted by molar-refractivity contribution is 5.79. The van der Waals surface area contributed by atoms with Gasteiger partial charge in [0, 0.05) is 19.7 Å². The normalized spacial score (nSPS) is 34.3. The Labute approximate surface area is 88.7 Å². The van der Waals surface area contributed by atoms with Gasteiger partial charge in [0.1, 0.15) is 11.0 Å². The van der Waals surface area contributed by atoms with Gasteiger partial charge in [0.15, 0.2) is 0 Å². The maximum atomic E-state index is 11.8. The Kier molecular flexibility index (Phi) is 2.70. The number of hydrogen-bond acceptors (Lipinski definition) is 5. The molecule has 2 fully saturated rings. The highest BCUT2D eigenvalue weighted by Crippen LogP contribution is 2.42. The summed E-state index contributed by atoms with van der Waals surface area (Å²) in [5.41, 5.74) is -1.87. The molecule has 0 aromatic carbocycles. The highest BCUT2D eigenvalue weighted by atomic mass is 16.5. The first-order chi connectivity index (χ1) is 7.15. The van der Waals surface area contributed by atoms with Crippen LogP contribution in [0.3, 0.4) is 0 Å². The van der Waals surface area contributed by atoms with Crippen molar-refractivity contribution in [3.05, 3.63) is 0 Å². The fourth-order valence-electron chi connectivity index (χ4n) is 2.41. The van der Waals surface area contributed by atoms with Crippen LogP contribution in [0.15, 0.2) is 0 Å². The molecule has 2 aliphatic rings. The first-order valence-corrected chi connectivity index (χ1v) is 5.24. The second-order valence-electron chi connectivity index (χ2n) is 4.36. The molecule has 0 saturated carbocycles. The molecule has 0 aromatic heterocycles. The summed E-state index contributed by atoms with van der Waals surface area (Å²) >= 11 is 0. The van der Waals surface area contributed by atoms with E-state index in [9.17, 15) is 9.90 Å². The standard InChI is InChI=1S/C10H17NO4/c1-14-8(12)9(3-2-4-15-7-9)10(13)5-11-6-10/h11,13H,2-7H2,1H3. The van der Waals surface area contributed by atoms with Crippen molar-refractivity contribution in [3.8, 4) is 0 Å². The van der Waals surface area contributed by atoms with E-state index in [1.165, 1.54) is 7.11 Å². The van der Waals surface area contributed by atoms with Gasteiger partial charge in [-0.15, -0.1) is 0 Å². The van der Waals surface area contributed by atoms with Crippen molar-refractivity contribution < 1.29 is 19.4 Å². The third-order valence-electron chi connectivity index (χ3n) is 3.54. The maximum Gasteiger partial charge on any atom is 0.317 e. The van der Waals surface area contributed by atoms with Crippen LogP contribution in [0.1, 0.15) is 12.8 Å². The molecule has 2 saturated heterocycles. The fraction of sp³-hybridized carbons (Fsp3) is 0.900. The van der Waals surface area contributed by atoms with Crippen LogP contribution in [0.25, 0.3) is 0 Å². The van der Waals surface area contributed by atoms with Gasteiger partial charge in [0.05, 0.1) is 13.7 Å². The second kappa shape index (κ2) is 3.73. The average Bonchev–Trinajstić information content (AvgIpc) is 2.25. The molecule has 2 rings (SSSR count). The van der Waals surface area contributed by atoms with Crippen LogP contribution in [0, 0.1) is 5.41 Å². The van der Waals surface area contributed by atoms with Crippen molar-refractivity contribution in [2.24, 2.45) is 5.41 Å². The SMILES string of the molecule is COC(=O)C1(C2(O)CNC2)CCCOC1.